The van der Waals surface area contributed by atoms with E-state index in [1.165, 1.54) is 12.1 Å². The highest BCUT2D eigenvalue weighted by molar-refractivity contribution is 5.87. The number of anilines is 1. The van der Waals surface area contributed by atoms with E-state index in [0.29, 0.717) is 18.8 Å². The number of nitrogens with zero attached hydrogens (tertiary/aromatic N) is 2. The highest BCUT2D eigenvalue weighted by Gasteiger charge is 2.14. The number of nitriles is 1. The third-order valence-electron chi connectivity index (χ3n) is 2.86. The number of halogens is 1. The summed E-state index contributed by atoms with van der Waals surface area (Å²) in [7, 11) is 0. The standard InChI is InChI=1S/C15H17FN2O2/c1-3-18(10-11(2)9-17)14-6-4-5-13(16)12(14)7-8-15(19)20/h4-8,11H,3,10H2,1-2H3,(H,19,20)/b8-7+. The lowest BCUT2D eigenvalue weighted by Crippen LogP contribution is -2.28. The number of carbonyl (C=O) groups is 1. The van der Waals surface area contributed by atoms with Gasteiger partial charge in [-0.25, -0.2) is 9.18 Å². The number of hydrogen-bond acceptors (Lipinski definition) is 3. The van der Waals surface area contributed by atoms with E-state index in [0.717, 1.165) is 6.08 Å². The zero-order chi connectivity index (χ0) is 15.1. The Kier molecular flexibility index (Phi) is 5.73. The molecule has 0 aliphatic heterocycles. The van der Waals surface area contributed by atoms with Gasteiger partial charge in [0.2, 0.25) is 0 Å². The zero-order valence-corrected chi connectivity index (χ0v) is 11.5. The SMILES string of the molecule is CCN(CC(C)C#N)c1cccc(F)c1/C=C/C(=O)O. The molecule has 0 aliphatic rings. The normalized spacial score (nSPS) is 12.1. The van der Waals surface area contributed by atoms with E-state index < -0.39 is 11.8 Å². The van der Waals surface area contributed by atoms with Crippen LogP contribution in [-0.2, 0) is 4.79 Å². The summed E-state index contributed by atoms with van der Waals surface area (Å²) in [6.45, 7) is 4.75. The molecule has 1 aromatic rings. The molecule has 0 amide bonds. The fraction of sp³-hybridized carbons (Fsp3) is 0.333. The number of carboxylic acids is 1. The predicted octanol–water partition coefficient (Wildman–Crippen LogP) is 2.91. The molecule has 106 valence electrons. The molecular weight excluding hydrogens is 259 g/mol. The van der Waals surface area contributed by atoms with Crippen molar-refractivity contribution in [2.75, 3.05) is 18.0 Å². The Balaban J connectivity index is 3.18. The summed E-state index contributed by atoms with van der Waals surface area (Å²) in [5.74, 6) is -1.81. The highest BCUT2D eigenvalue weighted by Crippen LogP contribution is 2.25. The Morgan fingerprint density at radius 3 is 2.85 bits per heavy atom. The van der Waals surface area contributed by atoms with Gasteiger partial charge in [0.05, 0.1) is 12.0 Å². The molecule has 1 aromatic carbocycles. The molecule has 0 aliphatic carbocycles. The summed E-state index contributed by atoms with van der Waals surface area (Å²) in [6.07, 6.45) is 2.15. The minimum absolute atomic E-state index is 0.200. The first kappa shape index (κ1) is 15.7. The number of rotatable bonds is 6. The van der Waals surface area contributed by atoms with Gasteiger partial charge in [0, 0.05) is 30.4 Å². The fourth-order valence-electron chi connectivity index (χ4n) is 1.89. The second kappa shape index (κ2) is 7.29. The van der Waals surface area contributed by atoms with Crippen LogP contribution >= 0.6 is 0 Å². The second-order valence-electron chi connectivity index (χ2n) is 4.41. The van der Waals surface area contributed by atoms with Gasteiger partial charge in [0.1, 0.15) is 5.82 Å². The summed E-state index contributed by atoms with van der Waals surface area (Å²) in [4.78, 5) is 12.5. The van der Waals surface area contributed by atoms with E-state index in [2.05, 4.69) is 6.07 Å². The first-order valence-corrected chi connectivity index (χ1v) is 6.33. The second-order valence-corrected chi connectivity index (χ2v) is 4.41. The van der Waals surface area contributed by atoms with Crippen molar-refractivity contribution in [1.29, 1.82) is 5.26 Å². The molecule has 0 saturated carbocycles. The number of carboxylic acid groups (broad SMARTS) is 1. The van der Waals surface area contributed by atoms with Crippen LogP contribution in [0.3, 0.4) is 0 Å². The molecule has 20 heavy (non-hydrogen) atoms. The number of hydrogen-bond donors (Lipinski definition) is 1. The largest absolute Gasteiger partial charge is 0.478 e. The van der Waals surface area contributed by atoms with Gasteiger partial charge in [0.15, 0.2) is 0 Å². The molecule has 1 unspecified atom stereocenters. The summed E-state index contributed by atoms with van der Waals surface area (Å²) in [5.41, 5.74) is 0.814. The van der Waals surface area contributed by atoms with Crippen molar-refractivity contribution in [3.05, 3.63) is 35.7 Å². The maximum Gasteiger partial charge on any atom is 0.328 e. The van der Waals surface area contributed by atoms with E-state index in [1.807, 2.05) is 11.8 Å². The molecule has 0 bridgehead atoms. The molecule has 0 heterocycles. The van der Waals surface area contributed by atoms with Gasteiger partial charge < -0.3 is 10.0 Å². The van der Waals surface area contributed by atoms with Gasteiger partial charge in [-0.2, -0.15) is 5.26 Å². The Morgan fingerprint density at radius 1 is 1.60 bits per heavy atom. The van der Waals surface area contributed by atoms with Crippen LogP contribution in [0.2, 0.25) is 0 Å². The molecule has 5 heteroatoms. The van der Waals surface area contributed by atoms with Crippen LogP contribution in [0.5, 0.6) is 0 Å². The lowest BCUT2D eigenvalue weighted by atomic mass is 10.1. The predicted molar refractivity (Wildman–Crippen MR) is 75.7 cm³/mol. The van der Waals surface area contributed by atoms with Gasteiger partial charge in [-0.1, -0.05) is 6.07 Å². The van der Waals surface area contributed by atoms with Crippen molar-refractivity contribution < 1.29 is 14.3 Å². The van der Waals surface area contributed by atoms with Crippen molar-refractivity contribution in [3.8, 4) is 6.07 Å². The minimum atomic E-state index is -1.13. The van der Waals surface area contributed by atoms with Gasteiger partial charge in [0.25, 0.3) is 0 Å². The van der Waals surface area contributed by atoms with Crippen LogP contribution in [0, 0.1) is 23.1 Å². The molecule has 0 fully saturated rings. The van der Waals surface area contributed by atoms with Crippen molar-refractivity contribution in [3.63, 3.8) is 0 Å². The Labute approximate surface area is 117 Å². The fourth-order valence-corrected chi connectivity index (χ4v) is 1.89. The summed E-state index contributed by atoms with van der Waals surface area (Å²) in [6, 6.07) is 6.71. The van der Waals surface area contributed by atoms with E-state index in [1.54, 1.807) is 19.1 Å². The van der Waals surface area contributed by atoms with Crippen molar-refractivity contribution in [2.45, 2.75) is 13.8 Å². The summed E-state index contributed by atoms with van der Waals surface area (Å²) < 4.78 is 13.9. The van der Waals surface area contributed by atoms with Gasteiger partial charge in [-0.15, -0.1) is 0 Å². The quantitative estimate of drug-likeness (QED) is 0.811. The summed E-state index contributed by atoms with van der Waals surface area (Å²) >= 11 is 0. The Morgan fingerprint density at radius 2 is 2.30 bits per heavy atom. The molecule has 4 nitrogen and oxygen atoms in total. The molecule has 1 rings (SSSR count). The monoisotopic (exact) mass is 276 g/mol. The van der Waals surface area contributed by atoms with Crippen LogP contribution in [0.15, 0.2) is 24.3 Å². The molecule has 1 N–H and O–H groups in total. The van der Waals surface area contributed by atoms with Gasteiger partial charge in [-0.3, -0.25) is 0 Å². The molecule has 1 atom stereocenters. The lowest BCUT2D eigenvalue weighted by molar-refractivity contribution is -0.131. The average Bonchev–Trinajstić information content (AvgIpc) is 2.42. The minimum Gasteiger partial charge on any atom is -0.478 e. The smallest absolute Gasteiger partial charge is 0.328 e. The van der Waals surface area contributed by atoms with Crippen LogP contribution in [0.25, 0.3) is 6.08 Å². The van der Waals surface area contributed by atoms with E-state index in [9.17, 15) is 9.18 Å². The first-order chi connectivity index (χ1) is 9.49. The van der Waals surface area contributed by atoms with Crippen LogP contribution in [0.1, 0.15) is 19.4 Å². The average molecular weight is 276 g/mol. The molecular formula is C15H17FN2O2. The topological polar surface area (TPSA) is 64.3 Å². The highest BCUT2D eigenvalue weighted by atomic mass is 19.1. The zero-order valence-electron chi connectivity index (χ0n) is 11.5. The lowest BCUT2D eigenvalue weighted by Gasteiger charge is -2.26. The maximum absolute atomic E-state index is 13.9. The van der Waals surface area contributed by atoms with E-state index in [-0.39, 0.29) is 11.5 Å². The van der Waals surface area contributed by atoms with E-state index >= 15 is 0 Å². The molecule has 0 saturated heterocycles. The molecule has 0 radical (unpaired) electrons. The first-order valence-electron chi connectivity index (χ1n) is 6.33. The maximum atomic E-state index is 13.9. The van der Waals surface area contributed by atoms with Crippen LogP contribution in [-0.4, -0.2) is 24.2 Å². The van der Waals surface area contributed by atoms with Crippen molar-refractivity contribution in [1.82, 2.24) is 0 Å². The third-order valence-corrected chi connectivity index (χ3v) is 2.86. The number of benzene rings is 1. The number of aliphatic carboxylic acids is 1. The van der Waals surface area contributed by atoms with Gasteiger partial charge in [-0.05, 0) is 32.1 Å². The van der Waals surface area contributed by atoms with Crippen LogP contribution in [0.4, 0.5) is 10.1 Å². The van der Waals surface area contributed by atoms with Crippen molar-refractivity contribution in [2.24, 2.45) is 5.92 Å². The molecule has 0 aromatic heterocycles. The van der Waals surface area contributed by atoms with E-state index in [4.69, 9.17) is 10.4 Å². The van der Waals surface area contributed by atoms with Crippen molar-refractivity contribution >= 4 is 17.7 Å². The molecule has 0 spiro atoms. The Bertz CT molecular complexity index is 549. The van der Waals surface area contributed by atoms with Crippen LogP contribution < -0.4 is 4.90 Å². The summed E-state index contributed by atoms with van der Waals surface area (Å²) in [5, 5.41) is 17.6. The van der Waals surface area contributed by atoms with Gasteiger partial charge >= 0.3 is 5.97 Å². The third kappa shape index (κ3) is 4.09. The Hall–Kier alpha value is -2.35.